The van der Waals surface area contributed by atoms with E-state index in [2.05, 4.69) is 45.8 Å². The first-order valence-electron chi connectivity index (χ1n) is 7.77. The Morgan fingerprint density at radius 2 is 2.10 bits per heavy atom. The Bertz CT molecular complexity index is 403. The molecule has 1 saturated heterocycles. The molecule has 0 unspecified atom stereocenters. The molecule has 112 valence electrons. The summed E-state index contributed by atoms with van der Waals surface area (Å²) < 4.78 is 0. The fraction of sp³-hybridized carbons (Fsp3) is 0.733. The number of hydrogen-bond acceptors (Lipinski definition) is 5. The van der Waals surface area contributed by atoms with E-state index in [1.54, 1.807) is 6.33 Å². The van der Waals surface area contributed by atoms with E-state index in [0.717, 1.165) is 50.5 Å². The van der Waals surface area contributed by atoms with Crippen LogP contribution in [-0.4, -0.2) is 41.1 Å². The van der Waals surface area contributed by atoms with Crippen LogP contribution in [0.4, 0.5) is 11.6 Å². The average Bonchev–Trinajstić information content (AvgIpc) is 2.75. The molecule has 0 bridgehead atoms. The van der Waals surface area contributed by atoms with E-state index < -0.39 is 0 Å². The Hall–Kier alpha value is -0.970. The van der Waals surface area contributed by atoms with Gasteiger partial charge in [0.2, 0.25) is 0 Å². The lowest BCUT2D eigenvalue weighted by atomic mass is 10.1. The van der Waals surface area contributed by atoms with E-state index in [4.69, 9.17) is 0 Å². The molecule has 5 heteroatoms. The first-order valence-corrected chi connectivity index (χ1v) is 8.92. The van der Waals surface area contributed by atoms with Gasteiger partial charge in [-0.2, -0.15) is 11.8 Å². The lowest BCUT2D eigenvalue weighted by Crippen LogP contribution is -2.28. The maximum Gasteiger partial charge on any atom is 0.137 e. The van der Waals surface area contributed by atoms with Gasteiger partial charge in [-0.1, -0.05) is 20.3 Å². The molecule has 4 nitrogen and oxygen atoms in total. The van der Waals surface area contributed by atoms with E-state index in [1.807, 2.05) is 0 Å². The standard InChI is InChI=1S/C15H26N4S/c1-3-6-13-14(16-7-4-2)17-12-18-15(13)19-8-5-10-20-11-9-19/h12H,3-11H2,1-2H3,(H,16,17,18). The number of nitrogens with zero attached hydrogens (tertiary/aromatic N) is 3. The van der Waals surface area contributed by atoms with Crippen molar-refractivity contribution in [3.05, 3.63) is 11.9 Å². The molecule has 1 fully saturated rings. The van der Waals surface area contributed by atoms with Gasteiger partial charge < -0.3 is 10.2 Å². The van der Waals surface area contributed by atoms with Gasteiger partial charge >= 0.3 is 0 Å². The Labute approximate surface area is 126 Å². The van der Waals surface area contributed by atoms with Crippen LogP contribution < -0.4 is 10.2 Å². The van der Waals surface area contributed by atoms with Gasteiger partial charge in [0.25, 0.3) is 0 Å². The highest BCUT2D eigenvalue weighted by atomic mass is 32.2. The fourth-order valence-electron chi connectivity index (χ4n) is 2.51. The molecule has 0 atom stereocenters. The predicted molar refractivity (Wildman–Crippen MR) is 89.0 cm³/mol. The second-order valence-corrected chi connectivity index (χ2v) is 6.38. The zero-order chi connectivity index (χ0) is 14.2. The number of hydrogen-bond donors (Lipinski definition) is 1. The van der Waals surface area contributed by atoms with Crippen LogP contribution in [0.5, 0.6) is 0 Å². The van der Waals surface area contributed by atoms with Gasteiger partial charge in [-0.15, -0.1) is 0 Å². The van der Waals surface area contributed by atoms with Crippen molar-refractivity contribution in [3.8, 4) is 0 Å². The van der Waals surface area contributed by atoms with Crippen LogP contribution in [0.2, 0.25) is 0 Å². The molecule has 1 aliphatic heterocycles. The number of thioether (sulfide) groups is 1. The van der Waals surface area contributed by atoms with Crippen LogP contribution in [0.15, 0.2) is 6.33 Å². The molecule has 20 heavy (non-hydrogen) atoms. The van der Waals surface area contributed by atoms with Gasteiger partial charge in [-0.3, -0.25) is 0 Å². The summed E-state index contributed by atoms with van der Waals surface area (Å²) in [6.07, 6.45) is 6.25. The van der Waals surface area contributed by atoms with Gasteiger partial charge in [0.05, 0.1) is 0 Å². The lowest BCUT2D eigenvalue weighted by Gasteiger charge is -2.25. The first-order chi connectivity index (χ1) is 9.86. The normalized spacial score (nSPS) is 16.0. The molecule has 0 spiro atoms. The summed E-state index contributed by atoms with van der Waals surface area (Å²) >= 11 is 2.05. The minimum Gasteiger partial charge on any atom is -0.370 e. The summed E-state index contributed by atoms with van der Waals surface area (Å²) in [5.41, 5.74) is 1.30. The van der Waals surface area contributed by atoms with E-state index in [-0.39, 0.29) is 0 Å². The quantitative estimate of drug-likeness (QED) is 0.872. The molecular weight excluding hydrogens is 268 g/mol. The average molecular weight is 294 g/mol. The summed E-state index contributed by atoms with van der Waals surface area (Å²) in [5.74, 6) is 4.66. The fourth-order valence-corrected chi connectivity index (χ4v) is 3.40. The summed E-state index contributed by atoms with van der Waals surface area (Å²) in [4.78, 5) is 11.5. The summed E-state index contributed by atoms with van der Waals surface area (Å²) in [5, 5.41) is 3.46. The van der Waals surface area contributed by atoms with Crippen LogP contribution in [0, 0.1) is 0 Å². The molecule has 2 heterocycles. The Morgan fingerprint density at radius 3 is 2.90 bits per heavy atom. The molecule has 0 radical (unpaired) electrons. The molecular formula is C15H26N4S. The molecule has 1 aromatic rings. The summed E-state index contributed by atoms with van der Waals surface area (Å²) in [7, 11) is 0. The molecule has 1 N–H and O–H groups in total. The van der Waals surface area contributed by atoms with Gasteiger partial charge in [0.15, 0.2) is 0 Å². The van der Waals surface area contributed by atoms with Crippen molar-refractivity contribution in [2.75, 3.05) is 41.4 Å². The van der Waals surface area contributed by atoms with E-state index in [9.17, 15) is 0 Å². The Kier molecular flexibility index (Phi) is 6.43. The maximum absolute atomic E-state index is 4.60. The van der Waals surface area contributed by atoms with E-state index in [1.165, 1.54) is 23.5 Å². The molecule has 0 aliphatic carbocycles. The molecule has 2 rings (SSSR count). The molecule has 0 amide bonds. The van der Waals surface area contributed by atoms with Crippen molar-refractivity contribution in [2.45, 2.75) is 39.5 Å². The topological polar surface area (TPSA) is 41.1 Å². The number of nitrogens with one attached hydrogen (secondary N) is 1. The van der Waals surface area contributed by atoms with Crippen molar-refractivity contribution in [2.24, 2.45) is 0 Å². The minimum atomic E-state index is 0.975. The second kappa shape index (κ2) is 8.35. The predicted octanol–water partition coefficient (Wildman–Crippen LogP) is 3.19. The second-order valence-electron chi connectivity index (χ2n) is 5.15. The molecule has 0 aromatic carbocycles. The zero-order valence-corrected chi connectivity index (χ0v) is 13.5. The first kappa shape index (κ1) is 15.4. The van der Waals surface area contributed by atoms with Crippen molar-refractivity contribution in [3.63, 3.8) is 0 Å². The van der Waals surface area contributed by atoms with E-state index >= 15 is 0 Å². The Balaban J connectivity index is 2.24. The largest absolute Gasteiger partial charge is 0.370 e. The minimum absolute atomic E-state index is 0.975. The summed E-state index contributed by atoms with van der Waals surface area (Å²) in [6, 6.07) is 0. The van der Waals surface area contributed by atoms with Gasteiger partial charge in [-0.25, -0.2) is 9.97 Å². The van der Waals surface area contributed by atoms with Crippen LogP contribution in [0.25, 0.3) is 0 Å². The number of aromatic nitrogens is 2. The third-order valence-corrected chi connectivity index (χ3v) is 4.54. The summed E-state index contributed by atoms with van der Waals surface area (Å²) in [6.45, 7) is 7.60. The van der Waals surface area contributed by atoms with Gasteiger partial charge in [-0.05, 0) is 25.0 Å². The van der Waals surface area contributed by atoms with Gasteiger partial charge in [0.1, 0.15) is 18.0 Å². The van der Waals surface area contributed by atoms with E-state index in [0.29, 0.717) is 0 Å². The van der Waals surface area contributed by atoms with Crippen LogP contribution in [0.3, 0.4) is 0 Å². The van der Waals surface area contributed by atoms with Crippen molar-refractivity contribution in [1.82, 2.24) is 9.97 Å². The SMILES string of the molecule is CCCNc1ncnc(N2CCCSCC2)c1CCC. The smallest absolute Gasteiger partial charge is 0.137 e. The Morgan fingerprint density at radius 1 is 1.20 bits per heavy atom. The number of anilines is 2. The lowest BCUT2D eigenvalue weighted by molar-refractivity contribution is 0.780. The highest BCUT2D eigenvalue weighted by Crippen LogP contribution is 2.26. The molecule has 0 saturated carbocycles. The van der Waals surface area contributed by atoms with Crippen molar-refractivity contribution >= 4 is 23.4 Å². The highest BCUT2D eigenvalue weighted by molar-refractivity contribution is 7.99. The van der Waals surface area contributed by atoms with Crippen LogP contribution in [0.1, 0.15) is 38.7 Å². The van der Waals surface area contributed by atoms with Gasteiger partial charge in [0, 0.05) is 31.0 Å². The molecule has 1 aliphatic rings. The third kappa shape index (κ3) is 4.01. The third-order valence-electron chi connectivity index (χ3n) is 3.49. The van der Waals surface area contributed by atoms with Crippen molar-refractivity contribution < 1.29 is 0 Å². The van der Waals surface area contributed by atoms with Crippen LogP contribution in [-0.2, 0) is 6.42 Å². The number of rotatable bonds is 6. The highest BCUT2D eigenvalue weighted by Gasteiger charge is 2.17. The monoisotopic (exact) mass is 294 g/mol. The zero-order valence-electron chi connectivity index (χ0n) is 12.7. The van der Waals surface area contributed by atoms with Crippen molar-refractivity contribution in [1.29, 1.82) is 0 Å². The molecule has 1 aromatic heterocycles. The maximum atomic E-state index is 4.60. The van der Waals surface area contributed by atoms with Crippen LogP contribution >= 0.6 is 11.8 Å².